The summed E-state index contributed by atoms with van der Waals surface area (Å²) in [6.07, 6.45) is 3.35. The van der Waals surface area contributed by atoms with E-state index in [9.17, 15) is 9.59 Å². The Morgan fingerprint density at radius 2 is 2.14 bits per heavy atom. The van der Waals surface area contributed by atoms with Gasteiger partial charge in [0.15, 0.2) is 0 Å². The molecule has 6 nitrogen and oxygen atoms in total. The van der Waals surface area contributed by atoms with Crippen LogP contribution in [-0.2, 0) is 16.0 Å². The minimum atomic E-state index is -0.175. The van der Waals surface area contributed by atoms with Crippen LogP contribution in [0.2, 0.25) is 0 Å². The fraction of sp³-hybridized carbons (Fsp3) is 0.391. The van der Waals surface area contributed by atoms with Crippen LogP contribution in [0.1, 0.15) is 53.7 Å². The standard InChI is InChI=1S/C23H26N2O4/c1-15(16-8-10-20-17(13-16)9-11-22(26)25-20)24-23(27)19-6-2-3-7-21(19)29-14-18-5-4-12-28-18/h2-3,6-8,10,13,15,18H,4-5,9,11-12,14H2,1H3,(H,24,27)(H,25,26). The van der Waals surface area contributed by atoms with Gasteiger partial charge in [-0.25, -0.2) is 0 Å². The summed E-state index contributed by atoms with van der Waals surface area (Å²) in [4.78, 5) is 24.4. The zero-order valence-corrected chi connectivity index (χ0v) is 16.6. The third-order valence-electron chi connectivity index (χ3n) is 5.45. The van der Waals surface area contributed by atoms with Gasteiger partial charge in [0.25, 0.3) is 5.91 Å². The van der Waals surface area contributed by atoms with Crippen molar-refractivity contribution >= 4 is 17.5 Å². The SMILES string of the molecule is CC(NC(=O)c1ccccc1OCC1CCCO1)c1ccc2c(c1)CCC(=O)N2. The van der Waals surface area contributed by atoms with Crippen LogP contribution in [-0.4, -0.2) is 31.1 Å². The Morgan fingerprint density at radius 1 is 1.28 bits per heavy atom. The minimum Gasteiger partial charge on any atom is -0.490 e. The number of carbonyl (C=O) groups is 2. The largest absolute Gasteiger partial charge is 0.490 e. The van der Waals surface area contributed by atoms with Crippen LogP contribution in [0.5, 0.6) is 5.75 Å². The molecule has 0 aliphatic carbocycles. The summed E-state index contributed by atoms with van der Waals surface area (Å²) in [5, 5.41) is 5.94. The zero-order chi connectivity index (χ0) is 20.2. The van der Waals surface area contributed by atoms with E-state index < -0.39 is 0 Å². The molecule has 1 fully saturated rings. The van der Waals surface area contributed by atoms with Gasteiger partial charge in [-0.3, -0.25) is 9.59 Å². The third kappa shape index (κ3) is 4.59. The van der Waals surface area contributed by atoms with Gasteiger partial charge in [-0.15, -0.1) is 0 Å². The van der Waals surface area contributed by atoms with E-state index in [4.69, 9.17) is 9.47 Å². The molecule has 2 aromatic carbocycles. The van der Waals surface area contributed by atoms with E-state index in [0.717, 1.165) is 42.7 Å². The van der Waals surface area contributed by atoms with Crippen molar-refractivity contribution in [3.8, 4) is 5.75 Å². The Hall–Kier alpha value is -2.86. The highest BCUT2D eigenvalue weighted by molar-refractivity contribution is 5.97. The van der Waals surface area contributed by atoms with Crippen molar-refractivity contribution in [3.05, 3.63) is 59.2 Å². The molecule has 2 amide bonds. The minimum absolute atomic E-state index is 0.0474. The molecule has 2 aliphatic heterocycles. The second kappa shape index (κ2) is 8.66. The molecule has 0 aromatic heterocycles. The molecule has 152 valence electrons. The first-order valence-corrected chi connectivity index (χ1v) is 10.2. The van der Waals surface area contributed by atoms with E-state index >= 15 is 0 Å². The van der Waals surface area contributed by atoms with Crippen LogP contribution in [0.25, 0.3) is 0 Å². The first-order valence-electron chi connectivity index (χ1n) is 10.2. The maximum absolute atomic E-state index is 12.9. The molecule has 2 N–H and O–H groups in total. The van der Waals surface area contributed by atoms with Gasteiger partial charge >= 0.3 is 0 Å². The average Bonchev–Trinajstić information content (AvgIpc) is 3.25. The number of amides is 2. The van der Waals surface area contributed by atoms with E-state index in [1.165, 1.54) is 0 Å². The van der Waals surface area contributed by atoms with Crippen molar-refractivity contribution in [1.29, 1.82) is 0 Å². The normalized spacial score (nSPS) is 19.2. The molecule has 2 heterocycles. The molecule has 2 atom stereocenters. The summed E-state index contributed by atoms with van der Waals surface area (Å²) in [6, 6.07) is 13.0. The molecule has 2 aliphatic rings. The van der Waals surface area contributed by atoms with E-state index in [-0.39, 0.29) is 24.0 Å². The molecule has 29 heavy (non-hydrogen) atoms. The van der Waals surface area contributed by atoms with Crippen LogP contribution in [0.4, 0.5) is 5.69 Å². The maximum Gasteiger partial charge on any atom is 0.255 e. The molecule has 0 radical (unpaired) electrons. The van der Waals surface area contributed by atoms with Crippen molar-refractivity contribution in [1.82, 2.24) is 5.32 Å². The topological polar surface area (TPSA) is 76.7 Å². The monoisotopic (exact) mass is 394 g/mol. The lowest BCUT2D eigenvalue weighted by Crippen LogP contribution is -2.28. The van der Waals surface area contributed by atoms with Gasteiger partial charge < -0.3 is 20.1 Å². The number of hydrogen-bond donors (Lipinski definition) is 2. The Morgan fingerprint density at radius 3 is 2.97 bits per heavy atom. The van der Waals surface area contributed by atoms with Crippen LogP contribution < -0.4 is 15.4 Å². The van der Waals surface area contributed by atoms with Gasteiger partial charge in [-0.05, 0) is 55.5 Å². The Kier molecular flexibility index (Phi) is 5.81. The number of ether oxygens (including phenoxy) is 2. The van der Waals surface area contributed by atoms with Crippen molar-refractivity contribution < 1.29 is 19.1 Å². The smallest absolute Gasteiger partial charge is 0.255 e. The summed E-state index contributed by atoms with van der Waals surface area (Å²) in [6.45, 7) is 3.19. The Bertz CT molecular complexity index is 906. The Labute approximate surface area is 170 Å². The van der Waals surface area contributed by atoms with Crippen LogP contribution >= 0.6 is 0 Å². The first-order chi connectivity index (χ1) is 14.1. The lowest BCUT2D eigenvalue weighted by molar-refractivity contribution is -0.116. The quantitative estimate of drug-likeness (QED) is 0.785. The van der Waals surface area contributed by atoms with Crippen LogP contribution in [0, 0.1) is 0 Å². The number of benzene rings is 2. The number of nitrogens with one attached hydrogen (secondary N) is 2. The van der Waals surface area contributed by atoms with Crippen molar-refractivity contribution in [3.63, 3.8) is 0 Å². The molecule has 0 saturated carbocycles. The number of rotatable bonds is 6. The molecule has 1 saturated heterocycles. The van der Waals surface area contributed by atoms with Crippen LogP contribution in [0.3, 0.4) is 0 Å². The lowest BCUT2D eigenvalue weighted by atomic mass is 9.97. The number of hydrogen-bond acceptors (Lipinski definition) is 4. The van der Waals surface area contributed by atoms with Gasteiger partial charge in [0.2, 0.25) is 5.91 Å². The van der Waals surface area contributed by atoms with E-state index in [2.05, 4.69) is 16.7 Å². The average molecular weight is 394 g/mol. The van der Waals surface area contributed by atoms with E-state index in [0.29, 0.717) is 24.3 Å². The number of carbonyl (C=O) groups excluding carboxylic acids is 2. The number of fused-ring (bicyclic) bond motifs is 1. The summed E-state index contributed by atoms with van der Waals surface area (Å²) in [5.41, 5.74) is 3.48. The molecule has 6 heteroatoms. The summed E-state index contributed by atoms with van der Waals surface area (Å²) < 4.78 is 11.5. The fourth-order valence-electron chi connectivity index (χ4n) is 3.77. The number of anilines is 1. The number of aryl methyl sites for hydroxylation is 1. The van der Waals surface area contributed by atoms with Crippen LogP contribution in [0.15, 0.2) is 42.5 Å². The highest BCUT2D eigenvalue weighted by atomic mass is 16.5. The van der Waals surface area contributed by atoms with E-state index in [1.54, 1.807) is 6.07 Å². The van der Waals surface area contributed by atoms with Gasteiger partial charge in [0.05, 0.1) is 17.7 Å². The molecule has 4 rings (SSSR count). The lowest BCUT2D eigenvalue weighted by Gasteiger charge is -2.21. The summed E-state index contributed by atoms with van der Waals surface area (Å²) in [7, 11) is 0. The van der Waals surface area contributed by atoms with Gasteiger partial charge in [-0.1, -0.05) is 24.3 Å². The summed E-state index contributed by atoms with van der Waals surface area (Å²) >= 11 is 0. The molecule has 2 unspecified atom stereocenters. The maximum atomic E-state index is 12.9. The van der Waals surface area contributed by atoms with Crippen molar-refractivity contribution in [2.24, 2.45) is 0 Å². The molecule has 0 bridgehead atoms. The zero-order valence-electron chi connectivity index (χ0n) is 16.6. The predicted octanol–water partition coefficient (Wildman–Crippen LogP) is 3.62. The Balaban J connectivity index is 1.43. The fourth-order valence-corrected chi connectivity index (χ4v) is 3.77. The highest BCUT2D eigenvalue weighted by Gasteiger charge is 2.20. The summed E-state index contributed by atoms with van der Waals surface area (Å²) in [5.74, 6) is 0.443. The second-order valence-corrected chi connectivity index (χ2v) is 7.60. The van der Waals surface area contributed by atoms with Crippen molar-refractivity contribution in [2.75, 3.05) is 18.5 Å². The van der Waals surface area contributed by atoms with E-state index in [1.807, 2.05) is 37.3 Å². The number of para-hydroxylation sites is 1. The highest BCUT2D eigenvalue weighted by Crippen LogP contribution is 2.27. The second-order valence-electron chi connectivity index (χ2n) is 7.60. The van der Waals surface area contributed by atoms with Gasteiger partial charge in [0.1, 0.15) is 12.4 Å². The van der Waals surface area contributed by atoms with Gasteiger partial charge in [-0.2, -0.15) is 0 Å². The molecular weight excluding hydrogens is 368 g/mol. The molecule has 2 aromatic rings. The molecular formula is C23H26N2O4. The molecule has 0 spiro atoms. The van der Waals surface area contributed by atoms with Gasteiger partial charge in [0, 0.05) is 18.7 Å². The third-order valence-corrected chi connectivity index (χ3v) is 5.45. The van der Waals surface area contributed by atoms with Crippen molar-refractivity contribution in [2.45, 2.75) is 44.8 Å². The predicted molar refractivity (Wildman–Crippen MR) is 110 cm³/mol. The first kappa shape index (κ1) is 19.5.